The maximum atomic E-state index is 12.4. The van der Waals surface area contributed by atoms with Crippen molar-refractivity contribution < 1.29 is 33.3 Å². The molecule has 0 N–H and O–H groups in total. The number of ketones is 1. The summed E-state index contributed by atoms with van der Waals surface area (Å²) < 4.78 is 20.6. The topological polar surface area (TPSA) is 88.1 Å². The van der Waals surface area contributed by atoms with Crippen molar-refractivity contribution in [2.45, 2.75) is 31.5 Å². The minimum absolute atomic E-state index is 0.123. The van der Waals surface area contributed by atoms with Crippen LogP contribution in [0, 0.1) is 5.92 Å². The van der Waals surface area contributed by atoms with E-state index in [1.54, 1.807) is 13.8 Å². The molecule has 0 aromatic rings. The molecule has 0 aromatic heterocycles. The Bertz CT molecular complexity index is 496. The van der Waals surface area contributed by atoms with Crippen LogP contribution >= 0.6 is 11.8 Å². The zero-order chi connectivity index (χ0) is 17.0. The van der Waals surface area contributed by atoms with Crippen LogP contribution in [0.15, 0.2) is 11.6 Å². The lowest BCUT2D eigenvalue weighted by Gasteiger charge is -2.31. The molecule has 1 unspecified atom stereocenters. The van der Waals surface area contributed by atoms with Gasteiger partial charge in [-0.15, -0.1) is 0 Å². The number of esters is 2. The van der Waals surface area contributed by atoms with Gasteiger partial charge in [-0.1, -0.05) is 6.08 Å². The molecule has 2 saturated heterocycles. The average molecular weight is 344 g/mol. The number of fused-ring (bicyclic) bond motifs is 2. The molecule has 2 aliphatic heterocycles. The van der Waals surface area contributed by atoms with E-state index in [0.29, 0.717) is 6.61 Å². The van der Waals surface area contributed by atoms with Crippen molar-refractivity contribution in [2.75, 3.05) is 26.1 Å². The second kappa shape index (κ2) is 7.94. The SMILES string of the molecule is CCOC(=O)C(=CC1C(=O)[C@@H]2OC[C@@H](O2)[C@H]1SC)C(=O)OCC. The van der Waals surface area contributed by atoms with Crippen molar-refractivity contribution in [1.29, 1.82) is 0 Å². The Labute approximate surface area is 138 Å². The summed E-state index contributed by atoms with van der Waals surface area (Å²) in [5, 5.41) is -0.236. The quantitative estimate of drug-likeness (QED) is 0.301. The third-order valence-electron chi connectivity index (χ3n) is 3.60. The number of hydrogen-bond acceptors (Lipinski definition) is 8. The molecule has 23 heavy (non-hydrogen) atoms. The highest BCUT2D eigenvalue weighted by atomic mass is 32.2. The normalized spacial score (nSPS) is 29.1. The van der Waals surface area contributed by atoms with Gasteiger partial charge in [0.2, 0.25) is 6.29 Å². The molecule has 0 radical (unpaired) electrons. The predicted molar refractivity (Wildman–Crippen MR) is 81.8 cm³/mol. The lowest BCUT2D eigenvalue weighted by Crippen LogP contribution is -2.45. The van der Waals surface area contributed by atoms with E-state index in [2.05, 4.69) is 0 Å². The number of carbonyl (C=O) groups is 3. The fraction of sp³-hybridized carbons (Fsp3) is 0.667. The Morgan fingerprint density at radius 2 is 1.87 bits per heavy atom. The van der Waals surface area contributed by atoms with E-state index >= 15 is 0 Å². The van der Waals surface area contributed by atoms with Gasteiger partial charge in [-0.05, 0) is 20.1 Å². The minimum atomic E-state index is -0.935. The van der Waals surface area contributed by atoms with Gasteiger partial charge < -0.3 is 18.9 Å². The highest BCUT2D eigenvalue weighted by Gasteiger charge is 2.49. The largest absolute Gasteiger partial charge is 0.462 e. The number of allylic oxidation sites excluding steroid dienone is 1. The summed E-state index contributed by atoms with van der Waals surface area (Å²) in [5.74, 6) is -2.55. The maximum Gasteiger partial charge on any atom is 0.345 e. The molecule has 4 atom stereocenters. The summed E-state index contributed by atoms with van der Waals surface area (Å²) in [5.41, 5.74) is -0.257. The summed E-state index contributed by atoms with van der Waals surface area (Å²) >= 11 is 1.43. The zero-order valence-corrected chi connectivity index (χ0v) is 14.1. The third-order valence-corrected chi connectivity index (χ3v) is 4.74. The van der Waals surface area contributed by atoms with Crippen molar-refractivity contribution in [3.8, 4) is 0 Å². The van der Waals surface area contributed by atoms with Crippen molar-refractivity contribution in [3.63, 3.8) is 0 Å². The van der Waals surface area contributed by atoms with Crippen LogP contribution in [0.2, 0.25) is 0 Å². The van der Waals surface area contributed by atoms with Gasteiger partial charge in [0.1, 0.15) is 5.57 Å². The first-order chi connectivity index (χ1) is 11.0. The van der Waals surface area contributed by atoms with Crippen molar-refractivity contribution >= 4 is 29.5 Å². The Balaban J connectivity index is 2.33. The van der Waals surface area contributed by atoms with Crippen LogP contribution in [0.4, 0.5) is 0 Å². The summed E-state index contributed by atoms with van der Waals surface area (Å²) in [6.45, 7) is 3.84. The Morgan fingerprint density at radius 3 is 2.39 bits per heavy atom. The van der Waals surface area contributed by atoms with Gasteiger partial charge in [0.25, 0.3) is 0 Å². The van der Waals surface area contributed by atoms with Gasteiger partial charge in [-0.3, -0.25) is 4.79 Å². The average Bonchev–Trinajstić information content (AvgIpc) is 2.96. The molecule has 0 saturated carbocycles. The first kappa shape index (κ1) is 18.0. The fourth-order valence-electron chi connectivity index (χ4n) is 2.58. The molecule has 7 nitrogen and oxygen atoms in total. The zero-order valence-electron chi connectivity index (χ0n) is 13.3. The summed E-state index contributed by atoms with van der Waals surface area (Å²) in [4.78, 5) is 36.5. The van der Waals surface area contributed by atoms with E-state index in [-0.39, 0.29) is 35.9 Å². The highest BCUT2D eigenvalue weighted by molar-refractivity contribution is 7.99. The Kier molecular flexibility index (Phi) is 6.20. The van der Waals surface area contributed by atoms with Crippen LogP contribution in [0.3, 0.4) is 0 Å². The lowest BCUT2D eigenvalue weighted by molar-refractivity contribution is -0.155. The van der Waals surface area contributed by atoms with E-state index < -0.39 is 24.1 Å². The van der Waals surface area contributed by atoms with Gasteiger partial charge in [0.15, 0.2) is 5.78 Å². The van der Waals surface area contributed by atoms with Crippen LogP contribution in [0.25, 0.3) is 0 Å². The fourth-order valence-corrected chi connectivity index (χ4v) is 3.54. The van der Waals surface area contributed by atoms with E-state index in [0.717, 1.165) is 0 Å². The van der Waals surface area contributed by atoms with Crippen LogP contribution in [-0.4, -0.2) is 61.4 Å². The second-order valence-corrected chi connectivity index (χ2v) is 6.01. The standard InChI is InChI=1S/C15H20O7S/c1-4-19-13(17)9(14(18)20-5-2)6-8-11(16)15-21-7-10(22-15)12(8)23-3/h6,8,10,12,15H,4-5,7H2,1-3H3/t8?,10-,12+,15-/m1/s1. The van der Waals surface area contributed by atoms with Gasteiger partial charge in [0.05, 0.1) is 31.8 Å². The first-order valence-corrected chi connectivity index (χ1v) is 8.71. The summed E-state index contributed by atoms with van der Waals surface area (Å²) in [7, 11) is 0. The molecule has 2 bridgehead atoms. The maximum absolute atomic E-state index is 12.4. The molecular formula is C15H20O7S. The molecule has 2 aliphatic rings. The van der Waals surface area contributed by atoms with Gasteiger partial charge >= 0.3 is 11.9 Å². The van der Waals surface area contributed by atoms with Crippen molar-refractivity contribution in [1.82, 2.24) is 0 Å². The highest BCUT2D eigenvalue weighted by Crippen LogP contribution is 2.36. The monoisotopic (exact) mass is 344 g/mol. The van der Waals surface area contributed by atoms with Crippen LogP contribution in [0.1, 0.15) is 13.8 Å². The molecule has 128 valence electrons. The number of rotatable bonds is 6. The predicted octanol–water partition coefficient (Wildman–Crippen LogP) is 0.711. The Hall–Kier alpha value is -1.38. The van der Waals surface area contributed by atoms with Crippen molar-refractivity contribution in [2.24, 2.45) is 5.92 Å². The van der Waals surface area contributed by atoms with Gasteiger partial charge in [-0.2, -0.15) is 11.8 Å². The first-order valence-electron chi connectivity index (χ1n) is 7.43. The molecule has 2 rings (SSSR count). The van der Waals surface area contributed by atoms with E-state index in [4.69, 9.17) is 18.9 Å². The summed E-state index contributed by atoms with van der Waals surface area (Å²) in [6.07, 6.45) is 2.00. The number of hydrogen-bond donors (Lipinski definition) is 0. The van der Waals surface area contributed by atoms with E-state index in [1.165, 1.54) is 17.8 Å². The minimum Gasteiger partial charge on any atom is -0.462 e. The summed E-state index contributed by atoms with van der Waals surface area (Å²) in [6, 6.07) is 0. The number of ether oxygens (including phenoxy) is 4. The molecule has 8 heteroatoms. The van der Waals surface area contributed by atoms with E-state index in [1.807, 2.05) is 6.26 Å². The lowest BCUT2D eigenvalue weighted by atomic mass is 9.92. The molecule has 0 amide bonds. The number of carbonyl (C=O) groups excluding carboxylic acids is 3. The van der Waals surface area contributed by atoms with Crippen LogP contribution in [-0.2, 0) is 33.3 Å². The molecule has 2 heterocycles. The molecule has 2 fully saturated rings. The number of Topliss-reactive ketones (excluding diaryl/α,β-unsaturated/α-hetero) is 1. The van der Waals surface area contributed by atoms with Gasteiger partial charge in [0, 0.05) is 5.25 Å². The molecular weight excluding hydrogens is 324 g/mol. The van der Waals surface area contributed by atoms with Crippen LogP contribution in [0.5, 0.6) is 0 Å². The smallest absolute Gasteiger partial charge is 0.345 e. The molecule has 0 spiro atoms. The van der Waals surface area contributed by atoms with Crippen LogP contribution < -0.4 is 0 Å². The Morgan fingerprint density at radius 1 is 1.26 bits per heavy atom. The second-order valence-electron chi connectivity index (χ2n) is 4.99. The molecule has 0 aliphatic carbocycles. The number of thioether (sulfide) groups is 1. The van der Waals surface area contributed by atoms with E-state index in [9.17, 15) is 14.4 Å². The third kappa shape index (κ3) is 3.76. The van der Waals surface area contributed by atoms with Gasteiger partial charge in [-0.25, -0.2) is 9.59 Å². The molecule has 0 aromatic carbocycles. The van der Waals surface area contributed by atoms with Crippen molar-refractivity contribution in [3.05, 3.63) is 11.6 Å².